The number of halogens is 1. The zero-order valence-corrected chi connectivity index (χ0v) is 11.2. The molecule has 0 unspecified atom stereocenters. The van der Waals surface area contributed by atoms with E-state index in [1.54, 1.807) is 18.2 Å². The molecule has 0 spiro atoms. The Morgan fingerprint density at radius 1 is 1.21 bits per heavy atom. The van der Waals surface area contributed by atoms with Gasteiger partial charge in [0.2, 0.25) is 0 Å². The first-order valence-corrected chi connectivity index (χ1v) is 6.16. The molecule has 0 heterocycles. The third-order valence-electron chi connectivity index (χ3n) is 2.94. The van der Waals surface area contributed by atoms with Crippen molar-refractivity contribution >= 4 is 23.0 Å². The Kier molecular flexibility index (Phi) is 4.06. The number of benzene rings is 2. The van der Waals surface area contributed by atoms with Gasteiger partial charge >= 0.3 is 0 Å². The highest BCUT2D eigenvalue weighted by Crippen LogP contribution is 2.31. The minimum absolute atomic E-state index is 0.0272. The third kappa shape index (κ3) is 2.87. The molecule has 0 saturated carbocycles. The van der Waals surface area contributed by atoms with E-state index in [0.717, 1.165) is 16.9 Å². The van der Waals surface area contributed by atoms with Gasteiger partial charge in [-0.15, -0.1) is 0 Å². The highest BCUT2D eigenvalue weighted by Gasteiger charge is 2.08. The average molecular weight is 273 g/mol. The Morgan fingerprint density at radius 2 is 1.89 bits per heavy atom. The Hall–Kier alpha value is -2.02. The Morgan fingerprint density at radius 3 is 2.42 bits per heavy atom. The molecule has 0 aromatic heterocycles. The smallest absolute Gasteiger partial charge is 0.0991 e. The van der Waals surface area contributed by atoms with E-state index in [0.29, 0.717) is 10.6 Å². The molecule has 0 bridgehead atoms. The number of hydrogen-bond donors (Lipinski definition) is 1. The lowest BCUT2D eigenvalue weighted by atomic mass is 10.1. The first kappa shape index (κ1) is 13.4. The second kappa shape index (κ2) is 5.75. The zero-order chi connectivity index (χ0) is 13.8. The first-order chi connectivity index (χ1) is 9.15. The van der Waals surface area contributed by atoms with Crippen molar-refractivity contribution in [2.24, 2.45) is 0 Å². The van der Waals surface area contributed by atoms with Gasteiger partial charge in [-0.1, -0.05) is 17.7 Å². The number of anilines is 2. The molecule has 2 aromatic carbocycles. The highest BCUT2D eigenvalue weighted by atomic mass is 35.5. The van der Waals surface area contributed by atoms with Crippen LogP contribution in [0.2, 0.25) is 5.02 Å². The molecule has 2 aromatic rings. The topological polar surface area (TPSA) is 47.3 Å². The van der Waals surface area contributed by atoms with Gasteiger partial charge in [0.05, 0.1) is 28.9 Å². The second-order valence-corrected chi connectivity index (χ2v) is 4.57. The zero-order valence-electron chi connectivity index (χ0n) is 10.5. The summed E-state index contributed by atoms with van der Waals surface area (Å²) in [5.74, 6) is 0. The summed E-state index contributed by atoms with van der Waals surface area (Å²) < 4.78 is 0. The molecule has 3 nitrogen and oxygen atoms in total. The van der Waals surface area contributed by atoms with Crippen LogP contribution in [-0.2, 0) is 6.61 Å². The first-order valence-electron chi connectivity index (χ1n) is 5.79. The maximum atomic E-state index is 9.06. The van der Waals surface area contributed by atoms with Crippen molar-refractivity contribution in [2.75, 3.05) is 11.9 Å². The minimum atomic E-state index is -0.0272. The van der Waals surface area contributed by atoms with Gasteiger partial charge in [0.1, 0.15) is 0 Å². The van der Waals surface area contributed by atoms with Gasteiger partial charge in [0.15, 0.2) is 0 Å². The van der Waals surface area contributed by atoms with Crippen molar-refractivity contribution in [3.63, 3.8) is 0 Å². The number of rotatable bonds is 3. The fourth-order valence-electron chi connectivity index (χ4n) is 1.82. The maximum Gasteiger partial charge on any atom is 0.0991 e. The summed E-state index contributed by atoms with van der Waals surface area (Å²) in [6, 6.07) is 14.8. The van der Waals surface area contributed by atoms with Gasteiger partial charge < -0.3 is 10.0 Å². The van der Waals surface area contributed by atoms with E-state index in [1.807, 2.05) is 36.2 Å². The summed E-state index contributed by atoms with van der Waals surface area (Å²) in [4.78, 5) is 1.94. The summed E-state index contributed by atoms with van der Waals surface area (Å²) >= 11 is 6.21. The lowest BCUT2D eigenvalue weighted by Gasteiger charge is -2.21. The average Bonchev–Trinajstić information content (AvgIpc) is 2.46. The second-order valence-electron chi connectivity index (χ2n) is 4.16. The molecule has 19 heavy (non-hydrogen) atoms. The SMILES string of the molecule is CN(c1ccc(C#N)cc1)c1ccc(CO)cc1Cl. The molecular weight excluding hydrogens is 260 g/mol. The van der Waals surface area contributed by atoms with Crippen LogP contribution < -0.4 is 4.90 Å². The van der Waals surface area contributed by atoms with Crippen LogP contribution in [0.4, 0.5) is 11.4 Å². The van der Waals surface area contributed by atoms with E-state index in [4.69, 9.17) is 22.0 Å². The Bertz CT molecular complexity index is 617. The molecule has 0 aliphatic rings. The molecule has 2 rings (SSSR count). The van der Waals surface area contributed by atoms with Crippen molar-refractivity contribution in [3.05, 3.63) is 58.6 Å². The van der Waals surface area contributed by atoms with Crippen LogP contribution in [0, 0.1) is 11.3 Å². The third-order valence-corrected chi connectivity index (χ3v) is 3.24. The number of aliphatic hydroxyl groups is 1. The van der Waals surface area contributed by atoms with Gasteiger partial charge in [-0.3, -0.25) is 0 Å². The molecule has 0 atom stereocenters. The minimum Gasteiger partial charge on any atom is -0.392 e. The largest absolute Gasteiger partial charge is 0.392 e. The van der Waals surface area contributed by atoms with E-state index in [9.17, 15) is 0 Å². The predicted molar refractivity (Wildman–Crippen MR) is 76.6 cm³/mol. The van der Waals surface area contributed by atoms with Crippen molar-refractivity contribution < 1.29 is 5.11 Å². The number of hydrogen-bond acceptors (Lipinski definition) is 3. The molecule has 4 heteroatoms. The van der Waals surface area contributed by atoms with Gasteiger partial charge in [-0.25, -0.2) is 0 Å². The van der Waals surface area contributed by atoms with E-state index in [1.165, 1.54) is 0 Å². The van der Waals surface area contributed by atoms with Crippen LogP contribution in [0.25, 0.3) is 0 Å². The summed E-state index contributed by atoms with van der Waals surface area (Å²) in [6.45, 7) is -0.0272. The predicted octanol–water partition coefficient (Wildman–Crippen LogP) is 3.47. The fraction of sp³-hybridized carbons (Fsp3) is 0.133. The van der Waals surface area contributed by atoms with Gasteiger partial charge in [0.25, 0.3) is 0 Å². The molecule has 0 radical (unpaired) electrons. The van der Waals surface area contributed by atoms with Crippen LogP contribution in [0.3, 0.4) is 0 Å². The van der Waals surface area contributed by atoms with Crippen LogP contribution in [0.15, 0.2) is 42.5 Å². The van der Waals surface area contributed by atoms with Crippen LogP contribution >= 0.6 is 11.6 Å². The molecule has 0 fully saturated rings. The van der Waals surface area contributed by atoms with Crippen molar-refractivity contribution in [3.8, 4) is 6.07 Å². The standard InChI is InChI=1S/C15H13ClN2O/c1-18(13-5-2-11(9-17)3-6-13)15-7-4-12(10-19)8-14(15)16/h2-8,19H,10H2,1H3. The van der Waals surface area contributed by atoms with Crippen LogP contribution in [0.1, 0.15) is 11.1 Å². The monoisotopic (exact) mass is 272 g/mol. The van der Waals surface area contributed by atoms with Crippen molar-refractivity contribution in [1.29, 1.82) is 5.26 Å². The van der Waals surface area contributed by atoms with Crippen molar-refractivity contribution in [2.45, 2.75) is 6.61 Å². The summed E-state index contributed by atoms with van der Waals surface area (Å²) in [6.07, 6.45) is 0. The molecule has 0 amide bonds. The molecule has 0 aliphatic heterocycles. The van der Waals surface area contributed by atoms with E-state index >= 15 is 0 Å². The van der Waals surface area contributed by atoms with E-state index < -0.39 is 0 Å². The Labute approximate surface area is 117 Å². The Balaban J connectivity index is 2.32. The summed E-state index contributed by atoms with van der Waals surface area (Å²) in [5.41, 5.74) is 3.20. The molecule has 0 saturated heterocycles. The van der Waals surface area contributed by atoms with E-state index in [2.05, 4.69) is 6.07 Å². The van der Waals surface area contributed by atoms with Gasteiger partial charge in [0, 0.05) is 12.7 Å². The quantitative estimate of drug-likeness (QED) is 0.931. The summed E-state index contributed by atoms with van der Waals surface area (Å²) in [7, 11) is 1.90. The van der Waals surface area contributed by atoms with Crippen LogP contribution in [0.5, 0.6) is 0 Å². The maximum absolute atomic E-state index is 9.06. The lowest BCUT2D eigenvalue weighted by molar-refractivity contribution is 0.282. The fourth-order valence-corrected chi connectivity index (χ4v) is 2.15. The normalized spacial score (nSPS) is 10.0. The van der Waals surface area contributed by atoms with Crippen molar-refractivity contribution in [1.82, 2.24) is 0 Å². The van der Waals surface area contributed by atoms with Gasteiger partial charge in [-0.2, -0.15) is 5.26 Å². The van der Waals surface area contributed by atoms with E-state index in [-0.39, 0.29) is 6.61 Å². The molecular formula is C15H13ClN2O. The molecule has 96 valence electrons. The molecule has 0 aliphatic carbocycles. The highest BCUT2D eigenvalue weighted by molar-refractivity contribution is 6.33. The number of aliphatic hydroxyl groups excluding tert-OH is 1. The summed E-state index contributed by atoms with van der Waals surface area (Å²) in [5, 5.41) is 18.4. The lowest BCUT2D eigenvalue weighted by Crippen LogP contribution is -2.10. The molecule has 1 N–H and O–H groups in total. The number of nitrogens with zero attached hydrogens (tertiary/aromatic N) is 2. The van der Waals surface area contributed by atoms with Gasteiger partial charge in [-0.05, 0) is 42.0 Å². The van der Waals surface area contributed by atoms with Crippen LogP contribution in [-0.4, -0.2) is 12.2 Å². The number of nitriles is 1.